The second-order valence-corrected chi connectivity index (χ2v) is 6.47. The van der Waals surface area contributed by atoms with Crippen LogP contribution >= 0.6 is 34.2 Å². The van der Waals surface area contributed by atoms with Crippen LogP contribution in [0, 0.1) is 20.7 Å². The van der Waals surface area contributed by atoms with Crippen molar-refractivity contribution in [1.29, 1.82) is 5.26 Å². The maximum Gasteiger partial charge on any atom is 0.350 e. The number of benzene rings is 1. The summed E-state index contributed by atoms with van der Waals surface area (Å²) in [5.74, 6) is -4.03. The summed E-state index contributed by atoms with van der Waals surface area (Å²) in [6.45, 7) is 2.83. The molecular weight excluding hydrogens is 442 g/mol. The normalized spacial score (nSPS) is 16.3. The Hall–Kier alpha value is -1.86. The maximum atomic E-state index is 13.9. The molecule has 1 fully saturated rings. The Morgan fingerprint density at radius 2 is 1.96 bits per heavy atom. The minimum Gasteiger partial charge on any atom is -0.419 e. The molecule has 0 atom stereocenters. The number of rotatable bonds is 2. The quantitative estimate of drug-likeness (QED) is 0.245. The maximum absolute atomic E-state index is 13.9. The van der Waals surface area contributed by atoms with Gasteiger partial charge >= 0.3 is 11.9 Å². The van der Waals surface area contributed by atoms with E-state index in [0.717, 1.165) is 6.20 Å². The van der Waals surface area contributed by atoms with E-state index in [4.69, 9.17) is 26.3 Å². The van der Waals surface area contributed by atoms with Crippen molar-refractivity contribution in [2.75, 3.05) is 5.32 Å². The van der Waals surface area contributed by atoms with Crippen molar-refractivity contribution in [2.45, 2.75) is 19.6 Å². The molecule has 6 nitrogen and oxygen atoms in total. The Balaban J connectivity index is 2.38. The highest BCUT2D eigenvalue weighted by molar-refractivity contribution is 14.1. The second-order valence-electron chi connectivity index (χ2n) is 4.90. The van der Waals surface area contributed by atoms with Crippen LogP contribution in [0.5, 0.6) is 0 Å². The van der Waals surface area contributed by atoms with Crippen LogP contribution in [0.2, 0.25) is 5.02 Å². The predicted molar refractivity (Wildman–Crippen MR) is 86.8 cm³/mol. The van der Waals surface area contributed by atoms with Gasteiger partial charge in [0.2, 0.25) is 0 Å². The van der Waals surface area contributed by atoms with Gasteiger partial charge in [-0.1, -0.05) is 11.6 Å². The average Bonchev–Trinajstić information content (AvgIpc) is 2.42. The monoisotopic (exact) mass is 450 g/mol. The highest BCUT2D eigenvalue weighted by Gasteiger charge is 2.39. The van der Waals surface area contributed by atoms with Crippen LogP contribution in [-0.4, -0.2) is 17.7 Å². The first kappa shape index (κ1) is 17.5. The predicted octanol–water partition coefficient (Wildman–Crippen LogP) is 3.09. The topological polar surface area (TPSA) is 88.4 Å². The Morgan fingerprint density at radius 1 is 1.39 bits per heavy atom. The summed E-state index contributed by atoms with van der Waals surface area (Å²) in [6, 6.07) is 2.99. The Bertz CT molecular complexity index is 764. The summed E-state index contributed by atoms with van der Waals surface area (Å²) < 4.78 is 24.1. The van der Waals surface area contributed by atoms with Crippen LogP contribution < -0.4 is 5.32 Å². The first-order valence-corrected chi connectivity index (χ1v) is 7.63. The second kappa shape index (κ2) is 6.33. The zero-order chi connectivity index (χ0) is 17.4. The number of hydrogen-bond acceptors (Lipinski definition) is 6. The first-order valence-electron chi connectivity index (χ1n) is 6.17. The molecule has 2 rings (SSSR count). The molecule has 0 spiro atoms. The van der Waals surface area contributed by atoms with Crippen LogP contribution in [-0.2, 0) is 19.1 Å². The number of hydrogen-bond donors (Lipinski definition) is 1. The van der Waals surface area contributed by atoms with Crippen LogP contribution in [0.4, 0.5) is 10.1 Å². The summed E-state index contributed by atoms with van der Waals surface area (Å²) in [6.07, 6.45) is 1.01. The van der Waals surface area contributed by atoms with Crippen molar-refractivity contribution >= 4 is 51.8 Å². The van der Waals surface area contributed by atoms with E-state index in [1.807, 2.05) is 22.6 Å². The minimum atomic E-state index is -1.36. The van der Waals surface area contributed by atoms with E-state index < -0.39 is 29.1 Å². The molecule has 1 aromatic rings. The van der Waals surface area contributed by atoms with E-state index in [0.29, 0.717) is 3.57 Å². The molecular formula is C14H9ClFIN2O4. The van der Waals surface area contributed by atoms with E-state index in [1.165, 1.54) is 19.9 Å². The number of nitrogens with one attached hydrogen (secondary N) is 1. The zero-order valence-electron chi connectivity index (χ0n) is 11.9. The molecule has 0 amide bonds. The fourth-order valence-corrected chi connectivity index (χ4v) is 2.89. The molecule has 9 heteroatoms. The number of cyclic esters (lactones) is 2. The lowest BCUT2D eigenvalue weighted by Crippen LogP contribution is -2.42. The van der Waals surface area contributed by atoms with Gasteiger partial charge in [0.15, 0.2) is 11.4 Å². The highest BCUT2D eigenvalue weighted by atomic mass is 127. The van der Waals surface area contributed by atoms with Crippen molar-refractivity contribution in [3.63, 3.8) is 0 Å². The fraction of sp³-hybridized carbons (Fsp3) is 0.214. The Labute approximate surface area is 149 Å². The van der Waals surface area contributed by atoms with Gasteiger partial charge in [-0.15, -0.1) is 0 Å². The lowest BCUT2D eigenvalue weighted by molar-refractivity contribution is -0.222. The molecule has 1 aromatic carbocycles. The number of halogens is 3. The standard InChI is InChI=1S/C14H9ClFIN2O4/c1-14(2)22-12(20)7(13(21)23-14)5-19-11-6(4-18)10(16)8(15)3-9(11)17/h3,5,19H,1-2H3. The Morgan fingerprint density at radius 3 is 2.48 bits per heavy atom. The molecule has 0 aromatic heterocycles. The third-order valence-corrected chi connectivity index (χ3v) is 3.89. The van der Waals surface area contributed by atoms with Gasteiger partial charge in [-0.3, -0.25) is 0 Å². The van der Waals surface area contributed by atoms with Gasteiger partial charge in [0.25, 0.3) is 5.79 Å². The van der Waals surface area contributed by atoms with Crippen LogP contribution in [0.1, 0.15) is 19.4 Å². The van der Waals surface area contributed by atoms with Crippen molar-refractivity contribution in [3.8, 4) is 6.07 Å². The van der Waals surface area contributed by atoms with E-state index >= 15 is 0 Å². The van der Waals surface area contributed by atoms with Crippen molar-refractivity contribution < 1.29 is 23.5 Å². The average molecular weight is 451 g/mol. The molecule has 0 radical (unpaired) electrons. The molecule has 0 saturated carbocycles. The number of esters is 2. The molecule has 0 bridgehead atoms. The lowest BCUT2D eigenvalue weighted by atomic mass is 10.1. The molecule has 23 heavy (non-hydrogen) atoms. The third kappa shape index (κ3) is 3.56. The van der Waals surface area contributed by atoms with Gasteiger partial charge < -0.3 is 14.8 Å². The molecule has 1 heterocycles. The fourth-order valence-electron chi connectivity index (χ4n) is 1.76. The molecule has 1 aliphatic rings. The molecule has 1 N–H and O–H groups in total. The van der Waals surface area contributed by atoms with Crippen molar-refractivity contribution in [3.05, 3.63) is 37.8 Å². The smallest absolute Gasteiger partial charge is 0.350 e. The Kier molecular flexibility index (Phi) is 4.81. The minimum absolute atomic E-state index is 0.0768. The van der Waals surface area contributed by atoms with E-state index in [1.54, 1.807) is 6.07 Å². The SMILES string of the molecule is CC1(C)OC(=O)C(=CNc2c(I)cc(Cl)c(F)c2C#N)C(=O)O1. The van der Waals surface area contributed by atoms with Crippen molar-refractivity contribution in [2.24, 2.45) is 0 Å². The van der Waals surface area contributed by atoms with E-state index in [9.17, 15) is 14.0 Å². The summed E-state index contributed by atoms with van der Waals surface area (Å²) in [5.41, 5.74) is -0.663. The van der Waals surface area contributed by atoms with Gasteiger partial charge in [-0.25, -0.2) is 14.0 Å². The van der Waals surface area contributed by atoms with Gasteiger partial charge in [-0.2, -0.15) is 5.26 Å². The molecule has 0 aliphatic carbocycles. The lowest BCUT2D eigenvalue weighted by Gasteiger charge is -2.29. The summed E-state index contributed by atoms with van der Waals surface area (Å²) in [7, 11) is 0. The highest BCUT2D eigenvalue weighted by Crippen LogP contribution is 2.31. The summed E-state index contributed by atoms with van der Waals surface area (Å²) >= 11 is 7.51. The van der Waals surface area contributed by atoms with E-state index in [2.05, 4.69) is 5.32 Å². The zero-order valence-corrected chi connectivity index (χ0v) is 14.8. The largest absolute Gasteiger partial charge is 0.419 e. The third-order valence-electron chi connectivity index (χ3n) is 2.76. The molecule has 1 aliphatic heterocycles. The van der Waals surface area contributed by atoms with Crippen LogP contribution in [0.15, 0.2) is 17.8 Å². The summed E-state index contributed by atoms with van der Waals surface area (Å²) in [4.78, 5) is 23.6. The van der Waals surface area contributed by atoms with Gasteiger partial charge in [-0.05, 0) is 28.7 Å². The van der Waals surface area contributed by atoms with Gasteiger partial charge in [0, 0.05) is 23.6 Å². The van der Waals surface area contributed by atoms with Gasteiger partial charge in [0.05, 0.1) is 10.7 Å². The van der Waals surface area contributed by atoms with Crippen LogP contribution in [0.3, 0.4) is 0 Å². The number of nitrogens with zero attached hydrogens (tertiary/aromatic N) is 1. The number of carbonyl (C=O) groups excluding carboxylic acids is 2. The summed E-state index contributed by atoms with van der Waals surface area (Å²) in [5, 5.41) is 11.4. The van der Waals surface area contributed by atoms with Gasteiger partial charge in [0.1, 0.15) is 11.6 Å². The molecule has 120 valence electrons. The number of nitriles is 1. The van der Waals surface area contributed by atoms with Crippen LogP contribution in [0.25, 0.3) is 0 Å². The molecule has 0 unspecified atom stereocenters. The number of anilines is 1. The van der Waals surface area contributed by atoms with Crippen molar-refractivity contribution in [1.82, 2.24) is 0 Å². The molecule has 1 saturated heterocycles. The number of carbonyl (C=O) groups is 2. The van der Waals surface area contributed by atoms with E-state index in [-0.39, 0.29) is 16.3 Å². The first-order chi connectivity index (χ1) is 10.7. The number of ether oxygens (including phenoxy) is 2.